The van der Waals surface area contributed by atoms with Gasteiger partial charge in [0.05, 0.1) is 16.9 Å². The van der Waals surface area contributed by atoms with Crippen LogP contribution in [0, 0.1) is 30.5 Å². The summed E-state index contributed by atoms with van der Waals surface area (Å²) < 4.78 is 16.2. The predicted octanol–water partition coefficient (Wildman–Crippen LogP) is 4.54. The van der Waals surface area contributed by atoms with E-state index in [0.717, 1.165) is 37.3 Å². The fourth-order valence-electron chi connectivity index (χ4n) is 5.04. The third-order valence-corrected chi connectivity index (χ3v) is 6.55. The molecule has 0 atom stereocenters. The van der Waals surface area contributed by atoms with E-state index in [-0.39, 0.29) is 22.6 Å². The van der Waals surface area contributed by atoms with Gasteiger partial charge in [-0.15, -0.1) is 0 Å². The van der Waals surface area contributed by atoms with E-state index in [4.69, 9.17) is 10.5 Å². The summed E-state index contributed by atoms with van der Waals surface area (Å²) in [6.07, 6.45) is 2.10. The molecule has 154 valence electrons. The van der Waals surface area contributed by atoms with E-state index in [2.05, 4.69) is 29.8 Å². The second-order valence-electron chi connectivity index (χ2n) is 8.88. The summed E-state index contributed by atoms with van der Waals surface area (Å²) in [6.45, 7) is 5.65. The van der Waals surface area contributed by atoms with Gasteiger partial charge in [-0.25, -0.2) is 9.07 Å². The smallest absolute Gasteiger partial charge is 0.134 e. The van der Waals surface area contributed by atoms with E-state index in [9.17, 15) is 9.50 Å². The SMILES string of the molecule is Cc1cc(C2CC3(C2)CN(C(=N)c2cc(O)ccc2F)C3)n(-c2ccccc2C)n1. The first kappa shape index (κ1) is 18.9. The number of phenols is 1. The number of benzene rings is 2. The second kappa shape index (κ2) is 6.69. The Bertz CT molecular complexity index is 1140. The van der Waals surface area contributed by atoms with Crippen molar-refractivity contribution in [3.63, 3.8) is 0 Å². The summed E-state index contributed by atoms with van der Waals surface area (Å²) >= 11 is 0. The summed E-state index contributed by atoms with van der Waals surface area (Å²) in [5.41, 5.74) is 4.95. The normalized spacial score (nSPS) is 17.6. The number of phenolic OH excluding ortho intramolecular Hbond substituents is 1. The lowest BCUT2D eigenvalue weighted by Crippen LogP contribution is -2.63. The molecule has 6 heteroatoms. The molecular weight excluding hydrogens is 379 g/mol. The average Bonchev–Trinajstić information content (AvgIpc) is 3.03. The van der Waals surface area contributed by atoms with Crippen LogP contribution in [0.5, 0.6) is 5.75 Å². The number of aromatic hydroxyl groups is 1. The molecule has 0 unspecified atom stereocenters. The minimum Gasteiger partial charge on any atom is -0.508 e. The monoisotopic (exact) mass is 404 g/mol. The molecule has 2 fully saturated rings. The zero-order valence-corrected chi connectivity index (χ0v) is 17.2. The van der Waals surface area contributed by atoms with Crippen LogP contribution in [0.1, 0.15) is 41.3 Å². The van der Waals surface area contributed by atoms with E-state index in [0.29, 0.717) is 5.92 Å². The topological polar surface area (TPSA) is 65.1 Å². The summed E-state index contributed by atoms with van der Waals surface area (Å²) in [5.74, 6) is 0.107. The highest BCUT2D eigenvalue weighted by molar-refractivity contribution is 5.97. The lowest BCUT2D eigenvalue weighted by molar-refractivity contribution is -0.0355. The molecule has 2 N–H and O–H groups in total. The maximum Gasteiger partial charge on any atom is 0.134 e. The van der Waals surface area contributed by atoms with Crippen molar-refractivity contribution in [2.24, 2.45) is 5.41 Å². The Morgan fingerprint density at radius 2 is 1.87 bits per heavy atom. The Hall–Kier alpha value is -3.15. The van der Waals surface area contributed by atoms with Crippen molar-refractivity contribution >= 4 is 5.84 Å². The predicted molar refractivity (Wildman–Crippen MR) is 114 cm³/mol. The van der Waals surface area contributed by atoms with Crippen molar-refractivity contribution < 1.29 is 9.50 Å². The minimum atomic E-state index is -0.470. The fourth-order valence-corrected chi connectivity index (χ4v) is 5.04. The van der Waals surface area contributed by atoms with Gasteiger partial charge in [0.25, 0.3) is 0 Å². The highest BCUT2D eigenvalue weighted by atomic mass is 19.1. The fraction of sp³-hybridized carbons (Fsp3) is 0.333. The van der Waals surface area contributed by atoms with E-state index in [1.807, 2.05) is 24.0 Å². The largest absolute Gasteiger partial charge is 0.508 e. The van der Waals surface area contributed by atoms with Gasteiger partial charge in [0.15, 0.2) is 0 Å². The second-order valence-corrected chi connectivity index (χ2v) is 8.88. The van der Waals surface area contributed by atoms with Crippen molar-refractivity contribution in [3.05, 3.63) is 76.9 Å². The van der Waals surface area contributed by atoms with E-state index in [1.165, 1.54) is 29.5 Å². The van der Waals surface area contributed by atoms with Gasteiger partial charge in [-0.05, 0) is 62.6 Å². The van der Waals surface area contributed by atoms with Gasteiger partial charge in [-0.2, -0.15) is 5.10 Å². The number of likely N-dealkylation sites (tertiary alicyclic amines) is 1. The Morgan fingerprint density at radius 3 is 2.60 bits per heavy atom. The minimum absolute atomic E-state index is 0.0186. The molecule has 2 heterocycles. The van der Waals surface area contributed by atoms with Crippen LogP contribution in [0.25, 0.3) is 5.69 Å². The van der Waals surface area contributed by atoms with Crippen molar-refractivity contribution in [2.75, 3.05) is 13.1 Å². The molecule has 0 radical (unpaired) electrons. The van der Waals surface area contributed by atoms with Crippen LogP contribution in [0.2, 0.25) is 0 Å². The number of aromatic nitrogens is 2. The van der Waals surface area contributed by atoms with Crippen LogP contribution in [0.4, 0.5) is 4.39 Å². The van der Waals surface area contributed by atoms with E-state index in [1.54, 1.807) is 0 Å². The van der Waals surface area contributed by atoms with Crippen molar-refractivity contribution in [2.45, 2.75) is 32.6 Å². The highest BCUT2D eigenvalue weighted by Gasteiger charge is 2.54. The lowest BCUT2D eigenvalue weighted by Gasteiger charge is -2.59. The van der Waals surface area contributed by atoms with Crippen molar-refractivity contribution in [3.8, 4) is 11.4 Å². The van der Waals surface area contributed by atoms with Crippen molar-refractivity contribution in [1.29, 1.82) is 5.41 Å². The van der Waals surface area contributed by atoms with Crippen LogP contribution < -0.4 is 0 Å². The standard InChI is InChI=1S/C24H25FN4O/c1-15-5-3-4-6-21(15)29-22(9-16(2)27-29)17-11-24(12-17)13-28(14-24)23(26)19-10-18(30)7-8-20(19)25/h3-10,17,26,30H,11-14H2,1-2H3. The van der Waals surface area contributed by atoms with Gasteiger partial charge >= 0.3 is 0 Å². The number of nitrogens with one attached hydrogen (secondary N) is 1. The number of amidine groups is 1. The maximum atomic E-state index is 14.1. The molecule has 1 saturated carbocycles. The molecule has 0 bridgehead atoms. The average molecular weight is 404 g/mol. The van der Waals surface area contributed by atoms with Crippen LogP contribution in [-0.2, 0) is 0 Å². The molecule has 1 spiro atoms. The summed E-state index contributed by atoms with van der Waals surface area (Å²) in [7, 11) is 0. The molecular formula is C24H25FN4O. The van der Waals surface area contributed by atoms with Gasteiger partial charge < -0.3 is 10.0 Å². The van der Waals surface area contributed by atoms with Gasteiger partial charge in [0.1, 0.15) is 17.4 Å². The molecule has 5 rings (SSSR count). The Morgan fingerprint density at radius 1 is 1.13 bits per heavy atom. The first-order valence-electron chi connectivity index (χ1n) is 10.3. The quantitative estimate of drug-likeness (QED) is 0.498. The molecule has 3 aromatic rings. The van der Waals surface area contributed by atoms with Gasteiger partial charge in [-0.3, -0.25) is 5.41 Å². The van der Waals surface area contributed by atoms with Crippen LogP contribution >= 0.6 is 0 Å². The summed E-state index contributed by atoms with van der Waals surface area (Å²) in [6, 6.07) is 14.3. The number of para-hydroxylation sites is 1. The van der Waals surface area contributed by atoms with Crippen molar-refractivity contribution in [1.82, 2.24) is 14.7 Å². The Labute approximate surface area is 175 Å². The molecule has 5 nitrogen and oxygen atoms in total. The Balaban J connectivity index is 1.29. The third kappa shape index (κ3) is 2.98. The number of hydrogen-bond acceptors (Lipinski definition) is 3. The number of aryl methyl sites for hydroxylation is 2. The van der Waals surface area contributed by atoms with Crippen LogP contribution in [0.3, 0.4) is 0 Å². The molecule has 1 aliphatic heterocycles. The molecule has 1 aromatic heterocycles. The first-order chi connectivity index (χ1) is 14.3. The van der Waals surface area contributed by atoms with Gasteiger partial charge in [0.2, 0.25) is 0 Å². The first-order valence-corrected chi connectivity index (χ1v) is 10.3. The summed E-state index contributed by atoms with van der Waals surface area (Å²) in [4.78, 5) is 1.90. The molecule has 1 saturated heterocycles. The number of rotatable bonds is 3. The zero-order chi connectivity index (χ0) is 21.0. The zero-order valence-electron chi connectivity index (χ0n) is 17.2. The maximum absolute atomic E-state index is 14.1. The molecule has 30 heavy (non-hydrogen) atoms. The molecule has 0 amide bonds. The van der Waals surface area contributed by atoms with Gasteiger partial charge in [-0.1, -0.05) is 18.2 Å². The molecule has 1 aliphatic carbocycles. The third-order valence-electron chi connectivity index (χ3n) is 6.55. The highest BCUT2D eigenvalue weighted by Crippen LogP contribution is 2.56. The number of hydrogen-bond donors (Lipinski definition) is 2. The molecule has 2 aliphatic rings. The number of halogens is 1. The lowest BCUT2D eigenvalue weighted by atomic mass is 9.56. The van der Waals surface area contributed by atoms with Crippen LogP contribution in [-0.4, -0.2) is 38.7 Å². The van der Waals surface area contributed by atoms with E-state index >= 15 is 0 Å². The van der Waals surface area contributed by atoms with E-state index < -0.39 is 5.82 Å². The van der Waals surface area contributed by atoms with Crippen LogP contribution in [0.15, 0.2) is 48.5 Å². The molecule has 2 aromatic carbocycles. The summed E-state index contributed by atoms with van der Waals surface area (Å²) in [5, 5.41) is 22.7. The number of nitrogens with zero attached hydrogens (tertiary/aromatic N) is 3. The van der Waals surface area contributed by atoms with Gasteiger partial charge in [0, 0.05) is 30.1 Å². The Kier molecular flexibility index (Phi) is 4.20.